The van der Waals surface area contributed by atoms with E-state index in [9.17, 15) is 5.11 Å². The molecule has 1 aliphatic heterocycles. The molecule has 0 bridgehead atoms. The smallest absolute Gasteiger partial charge is 0.120 e. The second-order valence-corrected chi connectivity index (χ2v) is 6.34. The van der Waals surface area contributed by atoms with Gasteiger partial charge in [-0.15, -0.1) is 0 Å². The Bertz CT molecular complexity index is 425. The van der Waals surface area contributed by atoms with E-state index < -0.39 is 0 Å². The number of hydrogen-bond acceptors (Lipinski definition) is 3. The van der Waals surface area contributed by atoms with Gasteiger partial charge in [0.1, 0.15) is 5.75 Å². The molecule has 1 aromatic carbocycles. The number of benzene rings is 1. The lowest BCUT2D eigenvalue weighted by atomic mass is 9.94. The Morgan fingerprint density at radius 1 is 1.20 bits per heavy atom. The summed E-state index contributed by atoms with van der Waals surface area (Å²) in [7, 11) is 0. The maximum atomic E-state index is 10.3. The molecule has 1 heterocycles. The molecule has 0 aromatic heterocycles. The maximum absolute atomic E-state index is 10.3. The van der Waals surface area contributed by atoms with Crippen molar-refractivity contribution in [1.82, 2.24) is 10.2 Å². The van der Waals surface area contributed by atoms with Crippen molar-refractivity contribution in [3.8, 4) is 5.75 Å². The van der Waals surface area contributed by atoms with Gasteiger partial charge in [0.15, 0.2) is 0 Å². The van der Waals surface area contributed by atoms with Gasteiger partial charge < -0.3 is 10.4 Å². The average Bonchev–Trinajstić information content (AvgIpc) is 2.43. The zero-order valence-electron chi connectivity index (χ0n) is 13.0. The highest BCUT2D eigenvalue weighted by Gasteiger charge is 2.24. The van der Waals surface area contributed by atoms with Crippen LogP contribution in [-0.4, -0.2) is 36.2 Å². The maximum Gasteiger partial charge on any atom is 0.120 e. The van der Waals surface area contributed by atoms with Crippen LogP contribution < -0.4 is 5.32 Å². The fraction of sp³-hybridized carbons (Fsp3) is 0.647. The number of piperazine rings is 1. The van der Waals surface area contributed by atoms with Crippen molar-refractivity contribution < 1.29 is 5.11 Å². The van der Waals surface area contributed by atoms with Crippen molar-refractivity contribution in [3.05, 3.63) is 29.3 Å². The van der Waals surface area contributed by atoms with Crippen molar-refractivity contribution in [2.24, 2.45) is 5.92 Å². The Hall–Kier alpha value is -1.06. The monoisotopic (exact) mass is 276 g/mol. The lowest BCUT2D eigenvalue weighted by Crippen LogP contribution is -2.45. The van der Waals surface area contributed by atoms with Crippen molar-refractivity contribution in [3.63, 3.8) is 0 Å². The molecule has 112 valence electrons. The molecule has 1 aliphatic rings. The van der Waals surface area contributed by atoms with Gasteiger partial charge in [0.05, 0.1) is 0 Å². The van der Waals surface area contributed by atoms with Gasteiger partial charge in [-0.2, -0.15) is 0 Å². The first-order valence-corrected chi connectivity index (χ1v) is 7.82. The molecule has 1 saturated heterocycles. The molecule has 0 amide bonds. The van der Waals surface area contributed by atoms with Crippen LogP contribution >= 0.6 is 0 Å². The quantitative estimate of drug-likeness (QED) is 0.867. The summed E-state index contributed by atoms with van der Waals surface area (Å²) in [6.45, 7) is 10.9. The summed E-state index contributed by atoms with van der Waals surface area (Å²) < 4.78 is 0. The first-order valence-electron chi connectivity index (χ1n) is 7.82. The SMILES string of the molecule is Cc1ccc(O)c([C@H](CCC(C)C)N2CCNCC2)c1. The molecule has 0 unspecified atom stereocenters. The summed E-state index contributed by atoms with van der Waals surface area (Å²) in [6, 6.07) is 6.33. The number of nitrogens with one attached hydrogen (secondary N) is 1. The highest BCUT2D eigenvalue weighted by Crippen LogP contribution is 2.34. The van der Waals surface area contributed by atoms with Gasteiger partial charge in [-0.1, -0.05) is 31.5 Å². The van der Waals surface area contributed by atoms with E-state index in [0.29, 0.717) is 17.7 Å². The summed E-state index contributed by atoms with van der Waals surface area (Å²) in [5.41, 5.74) is 2.33. The summed E-state index contributed by atoms with van der Waals surface area (Å²) in [5, 5.41) is 13.7. The summed E-state index contributed by atoms with van der Waals surface area (Å²) in [6.07, 6.45) is 2.32. The lowest BCUT2D eigenvalue weighted by Gasteiger charge is -2.36. The number of aromatic hydroxyl groups is 1. The molecule has 20 heavy (non-hydrogen) atoms. The van der Waals surface area contributed by atoms with Gasteiger partial charge in [-0.05, 0) is 31.7 Å². The number of phenols is 1. The van der Waals surface area contributed by atoms with E-state index in [4.69, 9.17) is 0 Å². The molecule has 3 nitrogen and oxygen atoms in total. The molecule has 2 N–H and O–H groups in total. The Kier molecular flexibility index (Phi) is 5.44. The molecule has 0 saturated carbocycles. The average molecular weight is 276 g/mol. The van der Waals surface area contributed by atoms with E-state index in [1.807, 2.05) is 12.1 Å². The first-order chi connectivity index (χ1) is 9.58. The summed E-state index contributed by atoms with van der Waals surface area (Å²) in [5.74, 6) is 1.15. The van der Waals surface area contributed by atoms with Crippen LogP contribution in [0, 0.1) is 12.8 Å². The minimum absolute atomic E-state index is 0.347. The highest BCUT2D eigenvalue weighted by molar-refractivity contribution is 5.38. The van der Waals surface area contributed by atoms with Crippen LogP contribution in [0.1, 0.15) is 43.9 Å². The van der Waals surface area contributed by atoms with E-state index in [1.54, 1.807) is 0 Å². The molecular formula is C17H28N2O. The number of aryl methyl sites for hydroxylation is 1. The van der Waals surface area contributed by atoms with Gasteiger partial charge in [0, 0.05) is 37.8 Å². The second-order valence-electron chi connectivity index (χ2n) is 6.34. The molecule has 1 atom stereocenters. The largest absolute Gasteiger partial charge is 0.508 e. The van der Waals surface area contributed by atoms with Gasteiger partial charge in [-0.3, -0.25) is 4.90 Å². The molecule has 1 aromatic rings. The van der Waals surface area contributed by atoms with Crippen LogP contribution in [0.2, 0.25) is 0 Å². The van der Waals surface area contributed by atoms with E-state index in [-0.39, 0.29) is 0 Å². The Balaban J connectivity index is 2.21. The Labute approximate surface area is 123 Å². The summed E-state index contributed by atoms with van der Waals surface area (Å²) in [4.78, 5) is 2.52. The van der Waals surface area contributed by atoms with Crippen molar-refractivity contribution in [2.45, 2.75) is 39.7 Å². The molecular weight excluding hydrogens is 248 g/mol. The minimum Gasteiger partial charge on any atom is -0.508 e. The Morgan fingerprint density at radius 2 is 1.90 bits per heavy atom. The topological polar surface area (TPSA) is 35.5 Å². The van der Waals surface area contributed by atoms with Crippen LogP contribution in [0.4, 0.5) is 0 Å². The molecule has 0 radical (unpaired) electrons. The fourth-order valence-corrected chi connectivity index (χ4v) is 2.96. The van der Waals surface area contributed by atoms with E-state index >= 15 is 0 Å². The van der Waals surface area contributed by atoms with E-state index in [1.165, 1.54) is 12.0 Å². The van der Waals surface area contributed by atoms with Gasteiger partial charge in [0.25, 0.3) is 0 Å². The van der Waals surface area contributed by atoms with Gasteiger partial charge >= 0.3 is 0 Å². The standard InChI is InChI=1S/C17H28N2O/c1-13(2)4-6-16(19-10-8-18-9-11-19)15-12-14(3)5-7-17(15)20/h5,7,12-13,16,18,20H,4,6,8-11H2,1-3H3/t16-/m0/s1. The second kappa shape index (κ2) is 7.09. The van der Waals surface area contributed by atoms with Crippen LogP contribution in [0.15, 0.2) is 18.2 Å². The predicted octanol–water partition coefficient (Wildman–Crippen LogP) is 3.08. The normalized spacial score (nSPS) is 18.4. The van der Waals surface area contributed by atoms with E-state index in [0.717, 1.165) is 38.2 Å². The first kappa shape index (κ1) is 15.3. The predicted molar refractivity (Wildman–Crippen MR) is 84.1 cm³/mol. The third-order valence-corrected chi connectivity index (χ3v) is 4.15. The van der Waals surface area contributed by atoms with Gasteiger partial charge in [-0.25, -0.2) is 0 Å². The van der Waals surface area contributed by atoms with Gasteiger partial charge in [0.2, 0.25) is 0 Å². The van der Waals surface area contributed by atoms with Crippen LogP contribution in [-0.2, 0) is 0 Å². The zero-order valence-corrected chi connectivity index (χ0v) is 13.0. The molecule has 0 spiro atoms. The molecule has 3 heteroatoms. The third kappa shape index (κ3) is 3.97. The number of phenolic OH excluding ortho intramolecular Hbond substituents is 1. The lowest BCUT2D eigenvalue weighted by molar-refractivity contribution is 0.157. The summed E-state index contributed by atoms with van der Waals surface area (Å²) >= 11 is 0. The van der Waals surface area contributed by atoms with Crippen LogP contribution in [0.5, 0.6) is 5.75 Å². The molecule has 0 aliphatic carbocycles. The van der Waals surface area contributed by atoms with Crippen molar-refractivity contribution >= 4 is 0 Å². The number of hydrogen-bond donors (Lipinski definition) is 2. The third-order valence-electron chi connectivity index (χ3n) is 4.15. The van der Waals surface area contributed by atoms with Crippen molar-refractivity contribution in [2.75, 3.05) is 26.2 Å². The zero-order chi connectivity index (χ0) is 14.5. The number of rotatable bonds is 5. The number of nitrogens with zero attached hydrogens (tertiary/aromatic N) is 1. The Morgan fingerprint density at radius 3 is 2.55 bits per heavy atom. The van der Waals surface area contributed by atoms with Crippen LogP contribution in [0.3, 0.4) is 0 Å². The van der Waals surface area contributed by atoms with Crippen LogP contribution in [0.25, 0.3) is 0 Å². The van der Waals surface area contributed by atoms with Crippen molar-refractivity contribution in [1.29, 1.82) is 0 Å². The molecule has 2 rings (SSSR count). The van der Waals surface area contributed by atoms with E-state index in [2.05, 4.69) is 37.1 Å². The molecule has 1 fully saturated rings. The minimum atomic E-state index is 0.347. The highest BCUT2D eigenvalue weighted by atomic mass is 16.3. The fourth-order valence-electron chi connectivity index (χ4n) is 2.96.